The predicted octanol–water partition coefficient (Wildman–Crippen LogP) is 2.65. The second-order valence-corrected chi connectivity index (χ2v) is 9.98. The van der Waals surface area contributed by atoms with Gasteiger partial charge >= 0.3 is 0 Å². The maximum absolute atomic E-state index is 12.8. The van der Waals surface area contributed by atoms with E-state index in [2.05, 4.69) is 10.9 Å². The van der Waals surface area contributed by atoms with Gasteiger partial charge in [0.2, 0.25) is 15.9 Å². The van der Waals surface area contributed by atoms with Crippen LogP contribution in [0.1, 0.15) is 28.8 Å². The standard InChI is InChI=1S/C24H26N4O4S/c1-18-8-10-20(11-9-18)33(31,32)28-16-12-19(13-17-28)23(29)25-26-24(30)21-6-2-3-7-22(21)27-14-4-5-15-27/h2-11,14-15,19H,12-13,16-17H2,1H3,(H,25,29)(H,26,30). The average molecular weight is 467 g/mol. The molecule has 0 spiro atoms. The lowest BCUT2D eigenvalue weighted by Gasteiger charge is -2.30. The highest BCUT2D eigenvalue weighted by molar-refractivity contribution is 7.89. The summed E-state index contributed by atoms with van der Waals surface area (Å²) in [5.41, 5.74) is 7.10. The van der Waals surface area contributed by atoms with Crippen molar-refractivity contribution in [3.05, 3.63) is 84.2 Å². The summed E-state index contributed by atoms with van der Waals surface area (Å²) in [5.74, 6) is -1.13. The third-order valence-corrected chi connectivity index (χ3v) is 7.73. The van der Waals surface area contributed by atoms with Crippen molar-refractivity contribution >= 4 is 21.8 Å². The summed E-state index contributed by atoms with van der Waals surface area (Å²) in [6, 6.07) is 17.6. The molecule has 9 heteroatoms. The number of carbonyl (C=O) groups is 2. The molecule has 1 aliphatic heterocycles. The average Bonchev–Trinajstić information content (AvgIpc) is 3.37. The summed E-state index contributed by atoms with van der Waals surface area (Å²) >= 11 is 0. The first-order valence-electron chi connectivity index (χ1n) is 10.8. The number of hydrogen-bond acceptors (Lipinski definition) is 4. The SMILES string of the molecule is Cc1ccc(S(=O)(=O)N2CCC(C(=O)NNC(=O)c3ccccc3-n3cccc3)CC2)cc1. The van der Waals surface area contributed by atoms with Crippen molar-refractivity contribution in [1.82, 2.24) is 19.7 Å². The van der Waals surface area contributed by atoms with Crippen LogP contribution in [0.25, 0.3) is 5.69 Å². The fourth-order valence-electron chi connectivity index (χ4n) is 3.89. The van der Waals surface area contributed by atoms with Crippen molar-refractivity contribution in [2.45, 2.75) is 24.7 Å². The van der Waals surface area contributed by atoms with Crippen molar-refractivity contribution in [3.8, 4) is 5.69 Å². The predicted molar refractivity (Wildman–Crippen MR) is 124 cm³/mol. The second-order valence-electron chi connectivity index (χ2n) is 8.04. The Bertz CT molecular complexity index is 1230. The van der Waals surface area contributed by atoms with Crippen molar-refractivity contribution in [2.75, 3.05) is 13.1 Å². The van der Waals surface area contributed by atoms with Crippen LogP contribution in [-0.4, -0.2) is 42.2 Å². The van der Waals surface area contributed by atoms with E-state index in [1.807, 2.05) is 48.1 Å². The lowest BCUT2D eigenvalue weighted by molar-refractivity contribution is -0.126. The summed E-state index contributed by atoms with van der Waals surface area (Å²) in [6.07, 6.45) is 4.44. The molecule has 3 aromatic rings. The number of piperidine rings is 1. The number of amides is 2. The molecule has 1 aliphatic rings. The molecule has 1 fully saturated rings. The summed E-state index contributed by atoms with van der Waals surface area (Å²) in [5, 5.41) is 0. The molecule has 4 rings (SSSR count). The first-order chi connectivity index (χ1) is 15.9. The van der Waals surface area contributed by atoms with Crippen LogP contribution in [0.2, 0.25) is 0 Å². The van der Waals surface area contributed by atoms with Gasteiger partial charge in [-0.05, 0) is 56.2 Å². The number of sulfonamides is 1. The molecule has 2 amide bonds. The summed E-state index contributed by atoms with van der Waals surface area (Å²) in [7, 11) is -3.59. The lowest BCUT2D eigenvalue weighted by atomic mass is 9.98. The van der Waals surface area contributed by atoms with Gasteiger partial charge in [-0.1, -0.05) is 29.8 Å². The molecule has 172 valence electrons. The third-order valence-electron chi connectivity index (χ3n) is 5.81. The highest BCUT2D eigenvalue weighted by Crippen LogP contribution is 2.24. The zero-order valence-corrected chi connectivity index (χ0v) is 19.1. The molecule has 0 atom stereocenters. The van der Waals surface area contributed by atoms with Crippen LogP contribution < -0.4 is 10.9 Å². The Balaban J connectivity index is 1.33. The maximum Gasteiger partial charge on any atom is 0.271 e. The highest BCUT2D eigenvalue weighted by atomic mass is 32.2. The van der Waals surface area contributed by atoms with Crippen molar-refractivity contribution < 1.29 is 18.0 Å². The Morgan fingerprint density at radius 2 is 1.52 bits per heavy atom. The number of hydrazine groups is 1. The number of aryl methyl sites for hydroxylation is 1. The number of hydrogen-bond donors (Lipinski definition) is 2. The Hall–Kier alpha value is -3.43. The molecule has 33 heavy (non-hydrogen) atoms. The molecule has 2 heterocycles. The van der Waals surface area contributed by atoms with Crippen LogP contribution in [0.5, 0.6) is 0 Å². The van der Waals surface area contributed by atoms with E-state index in [1.165, 1.54) is 4.31 Å². The fourth-order valence-corrected chi connectivity index (χ4v) is 5.36. The molecular weight excluding hydrogens is 440 g/mol. The van der Waals surface area contributed by atoms with Gasteiger partial charge in [0, 0.05) is 31.4 Å². The first kappa shape index (κ1) is 22.8. The molecule has 0 aliphatic carbocycles. The molecular formula is C24H26N4O4S. The smallest absolute Gasteiger partial charge is 0.271 e. The van der Waals surface area contributed by atoms with Crippen LogP contribution in [0, 0.1) is 12.8 Å². The molecule has 0 bridgehead atoms. The summed E-state index contributed by atoms with van der Waals surface area (Å²) in [4.78, 5) is 25.6. The minimum atomic E-state index is -3.59. The Kier molecular flexibility index (Phi) is 6.62. The van der Waals surface area contributed by atoms with Gasteiger partial charge in [-0.15, -0.1) is 0 Å². The molecule has 8 nitrogen and oxygen atoms in total. The van der Waals surface area contributed by atoms with Gasteiger partial charge in [0.05, 0.1) is 16.1 Å². The highest BCUT2D eigenvalue weighted by Gasteiger charge is 2.32. The Labute approximate surface area is 193 Å². The number of nitrogens with one attached hydrogen (secondary N) is 2. The lowest BCUT2D eigenvalue weighted by Crippen LogP contribution is -2.48. The van der Waals surface area contributed by atoms with E-state index in [0.717, 1.165) is 5.56 Å². The van der Waals surface area contributed by atoms with E-state index in [0.29, 0.717) is 24.1 Å². The largest absolute Gasteiger partial charge is 0.323 e. The van der Waals surface area contributed by atoms with Gasteiger partial charge in [-0.3, -0.25) is 20.4 Å². The van der Waals surface area contributed by atoms with Crippen molar-refractivity contribution in [2.24, 2.45) is 5.92 Å². The third kappa shape index (κ3) is 4.99. The number of aromatic nitrogens is 1. The summed E-state index contributed by atoms with van der Waals surface area (Å²) in [6.45, 7) is 2.40. The number of nitrogens with zero attached hydrogens (tertiary/aromatic N) is 2. The van der Waals surface area contributed by atoms with Gasteiger partial charge in [0.15, 0.2) is 0 Å². The zero-order valence-electron chi connectivity index (χ0n) is 18.3. The van der Waals surface area contributed by atoms with Gasteiger partial charge < -0.3 is 4.57 Å². The quantitative estimate of drug-likeness (QED) is 0.565. The summed E-state index contributed by atoms with van der Waals surface area (Å²) < 4.78 is 28.9. The van der Waals surface area contributed by atoms with Crippen molar-refractivity contribution in [3.63, 3.8) is 0 Å². The molecule has 0 radical (unpaired) electrons. The molecule has 0 unspecified atom stereocenters. The number of rotatable bonds is 5. The molecule has 1 saturated heterocycles. The Morgan fingerprint density at radius 1 is 0.879 bits per heavy atom. The van der Waals surface area contributed by atoms with Crippen LogP contribution in [0.15, 0.2) is 78.0 Å². The normalized spacial score (nSPS) is 15.2. The topological polar surface area (TPSA) is 101 Å². The monoisotopic (exact) mass is 466 g/mol. The van der Waals surface area contributed by atoms with E-state index in [-0.39, 0.29) is 29.8 Å². The molecule has 1 aromatic heterocycles. The fraction of sp³-hybridized carbons (Fsp3) is 0.250. The number of benzene rings is 2. The van der Waals surface area contributed by atoms with Crippen LogP contribution in [0.4, 0.5) is 0 Å². The van der Waals surface area contributed by atoms with E-state index in [1.54, 1.807) is 36.4 Å². The van der Waals surface area contributed by atoms with Gasteiger partial charge in [-0.2, -0.15) is 4.31 Å². The molecule has 0 saturated carbocycles. The molecule has 2 aromatic carbocycles. The van der Waals surface area contributed by atoms with Crippen LogP contribution in [0.3, 0.4) is 0 Å². The van der Waals surface area contributed by atoms with Crippen LogP contribution >= 0.6 is 0 Å². The minimum absolute atomic E-state index is 0.249. The van der Waals surface area contributed by atoms with Gasteiger partial charge in [0.1, 0.15) is 0 Å². The van der Waals surface area contributed by atoms with E-state index >= 15 is 0 Å². The first-order valence-corrected chi connectivity index (χ1v) is 12.2. The second kappa shape index (κ2) is 9.60. The zero-order chi connectivity index (χ0) is 23.4. The van der Waals surface area contributed by atoms with Gasteiger partial charge in [-0.25, -0.2) is 8.42 Å². The maximum atomic E-state index is 12.8. The molecule has 2 N–H and O–H groups in total. The minimum Gasteiger partial charge on any atom is -0.323 e. The number of carbonyl (C=O) groups excluding carboxylic acids is 2. The number of para-hydroxylation sites is 1. The van der Waals surface area contributed by atoms with Gasteiger partial charge in [0.25, 0.3) is 5.91 Å². The Morgan fingerprint density at radius 3 is 2.18 bits per heavy atom. The van der Waals surface area contributed by atoms with E-state index < -0.39 is 15.9 Å². The van der Waals surface area contributed by atoms with Crippen molar-refractivity contribution in [1.29, 1.82) is 0 Å². The van der Waals surface area contributed by atoms with E-state index in [9.17, 15) is 18.0 Å². The van der Waals surface area contributed by atoms with Crippen LogP contribution in [-0.2, 0) is 14.8 Å². The van der Waals surface area contributed by atoms with E-state index in [4.69, 9.17) is 0 Å².